The zero-order chi connectivity index (χ0) is 17.8. The quantitative estimate of drug-likeness (QED) is 0.536. The number of hydrogen-bond acceptors (Lipinski definition) is 8. The second-order valence-electron chi connectivity index (χ2n) is 4.81. The number of imidazole rings is 1. The Bertz CT molecular complexity index is 897. The van der Waals surface area contributed by atoms with Crippen molar-refractivity contribution in [2.75, 3.05) is 19.5 Å². The lowest BCUT2D eigenvalue weighted by molar-refractivity contribution is -0.384. The maximum Gasteiger partial charge on any atom is 0.354 e. The lowest BCUT2D eigenvalue weighted by atomic mass is 10.2. The molecule has 1 N–H and O–H groups in total. The van der Waals surface area contributed by atoms with E-state index in [4.69, 9.17) is 9.47 Å². The number of rotatable bonds is 6. The van der Waals surface area contributed by atoms with E-state index in [9.17, 15) is 10.1 Å². The Morgan fingerprint density at radius 1 is 1.24 bits per heavy atom. The van der Waals surface area contributed by atoms with Crippen molar-refractivity contribution < 1.29 is 14.4 Å². The van der Waals surface area contributed by atoms with Crippen LogP contribution in [0, 0.1) is 10.1 Å². The summed E-state index contributed by atoms with van der Waals surface area (Å²) in [5, 5.41) is 14.5. The van der Waals surface area contributed by atoms with Gasteiger partial charge in [0.2, 0.25) is 11.6 Å². The largest absolute Gasteiger partial charge is 0.497 e. The summed E-state index contributed by atoms with van der Waals surface area (Å²) in [4.78, 5) is 22.9. The Morgan fingerprint density at radius 2 is 2.08 bits per heavy atom. The second kappa shape index (κ2) is 6.83. The predicted octanol–water partition coefficient (Wildman–Crippen LogP) is 2.33. The zero-order valence-electron chi connectivity index (χ0n) is 13.4. The first-order valence-electron chi connectivity index (χ1n) is 7.10. The highest BCUT2D eigenvalue weighted by atomic mass is 16.6. The summed E-state index contributed by atoms with van der Waals surface area (Å²) in [7, 11) is 3.03. The summed E-state index contributed by atoms with van der Waals surface area (Å²) < 4.78 is 11.9. The van der Waals surface area contributed by atoms with Gasteiger partial charge in [0.05, 0.1) is 24.8 Å². The van der Waals surface area contributed by atoms with Crippen molar-refractivity contribution in [2.24, 2.45) is 0 Å². The van der Waals surface area contributed by atoms with Crippen molar-refractivity contribution >= 4 is 17.2 Å². The molecular weight excluding hydrogens is 328 g/mol. The summed E-state index contributed by atoms with van der Waals surface area (Å²) in [6, 6.07) is 5.04. The molecule has 0 saturated heterocycles. The van der Waals surface area contributed by atoms with Crippen molar-refractivity contribution in [3.05, 3.63) is 53.4 Å². The molecule has 0 unspecified atom stereocenters. The molecule has 0 saturated carbocycles. The summed E-state index contributed by atoms with van der Waals surface area (Å²) in [6.45, 7) is 0. The van der Waals surface area contributed by atoms with E-state index in [0.717, 1.165) is 0 Å². The van der Waals surface area contributed by atoms with E-state index in [1.165, 1.54) is 37.6 Å². The highest BCUT2D eigenvalue weighted by Gasteiger charge is 2.25. The van der Waals surface area contributed by atoms with E-state index >= 15 is 0 Å². The van der Waals surface area contributed by atoms with Gasteiger partial charge in [0.1, 0.15) is 24.2 Å². The molecule has 10 heteroatoms. The maximum atomic E-state index is 11.6. The normalized spacial score (nSPS) is 10.3. The molecule has 0 fully saturated rings. The van der Waals surface area contributed by atoms with Gasteiger partial charge < -0.3 is 14.8 Å². The molecule has 0 radical (unpaired) electrons. The molecule has 0 aliphatic rings. The van der Waals surface area contributed by atoms with Gasteiger partial charge >= 0.3 is 5.69 Å². The maximum absolute atomic E-state index is 11.6. The van der Waals surface area contributed by atoms with E-state index in [-0.39, 0.29) is 17.3 Å². The molecule has 0 atom stereocenters. The van der Waals surface area contributed by atoms with E-state index in [1.807, 2.05) is 0 Å². The lowest BCUT2D eigenvalue weighted by Crippen LogP contribution is -2.07. The lowest BCUT2D eigenvalue weighted by Gasteiger charge is -2.13. The van der Waals surface area contributed by atoms with Crippen LogP contribution in [-0.4, -0.2) is 38.7 Å². The highest BCUT2D eigenvalue weighted by Crippen LogP contribution is 2.35. The highest BCUT2D eigenvalue weighted by molar-refractivity contribution is 5.73. The van der Waals surface area contributed by atoms with Crippen LogP contribution in [0.1, 0.15) is 0 Å². The van der Waals surface area contributed by atoms with E-state index in [1.54, 1.807) is 24.4 Å². The minimum atomic E-state index is -0.548. The fourth-order valence-corrected chi connectivity index (χ4v) is 2.23. The van der Waals surface area contributed by atoms with Crippen LogP contribution in [0.3, 0.4) is 0 Å². The van der Waals surface area contributed by atoms with Gasteiger partial charge in [-0.3, -0.25) is 14.7 Å². The summed E-state index contributed by atoms with van der Waals surface area (Å²) in [5.74, 6) is 1.19. The van der Waals surface area contributed by atoms with Crippen LogP contribution in [0.15, 0.2) is 43.2 Å². The SMILES string of the molecule is COc1ccc(Nc2ncnc(-n3ccnc3)c2[N+](=O)[O-])c(OC)c1. The number of hydrogen-bond donors (Lipinski definition) is 1. The molecule has 25 heavy (non-hydrogen) atoms. The molecule has 10 nitrogen and oxygen atoms in total. The third-order valence-corrected chi connectivity index (χ3v) is 3.40. The first-order valence-corrected chi connectivity index (χ1v) is 7.10. The number of aromatic nitrogens is 4. The van der Waals surface area contributed by atoms with Crippen molar-refractivity contribution in [3.63, 3.8) is 0 Å². The molecule has 3 aromatic rings. The fraction of sp³-hybridized carbons (Fsp3) is 0.133. The Labute approximate surface area is 142 Å². The van der Waals surface area contributed by atoms with Crippen molar-refractivity contribution in [1.82, 2.24) is 19.5 Å². The van der Waals surface area contributed by atoms with Gasteiger partial charge in [-0.1, -0.05) is 0 Å². The molecule has 2 aromatic heterocycles. The van der Waals surface area contributed by atoms with Crippen LogP contribution in [0.2, 0.25) is 0 Å². The second-order valence-corrected chi connectivity index (χ2v) is 4.81. The molecule has 2 heterocycles. The first kappa shape index (κ1) is 16.2. The molecule has 0 aliphatic carbocycles. The molecule has 3 rings (SSSR count). The van der Waals surface area contributed by atoms with E-state index in [2.05, 4.69) is 20.3 Å². The van der Waals surface area contributed by atoms with Crippen molar-refractivity contribution in [1.29, 1.82) is 0 Å². The topological polar surface area (TPSA) is 117 Å². The van der Waals surface area contributed by atoms with E-state index < -0.39 is 4.92 Å². The number of anilines is 2. The fourth-order valence-electron chi connectivity index (χ4n) is 2.23. The molecule has 0 amide bonds. The van der Waals surface area contributed by atoms with Gasteiger partial charge in [-0.2, -0.15) is 0 Å². The Morgan fingerprint density at radius 3 is 2.72 bits per heavy atom. The van der Waals surface area contributed by atoms with Crippen LogP contribution in [0.4, 0.5) is 17.2 Å². The van der Waals surface area contributed by atoms with Gasteiger partial charge in [-0.05, 0) is 12.1 Å². The summed E-state index contributed by atoms with van der Waals surface area (Å²) in [5.41, 5.74) is 0.222. The molecule has 0 bridgehead atoms. The van der Waals surface area contributed by atoms with Crippen molar-refractivity contribution in [2.45, 2.75) is 0 Å². The minimum Gasteiger partial charge on any atom is -0.497 e. The van der Waals surface area contributed by atoms with E-state index in [0.29, 0.717) is 17.2 Å². The third-order valence-electron chi connectivity index (χ3n) is 3.40. The Hall–Kier alpha value is -3.69. The van der Waals surface area contributed by atoms with Gasteiger partial charge in [-0.15, -0.1) is 0 Å². The number of ether oxygens (including phenoxy) is 2. The average molecular weight is 342 g/mol. The Balaban J connectivity index is 2.07. The summed E-state index contributed by atoms with van der Waals surface area (Å²) in [6.07, 6.45) is 5.73. The van der Waals surface area contributed by atoms with Crippen LogP contribution in [-0.2, 0) is 0 Å². The van der Waals surface area contributed by atoms with Gasteiger partial charge in [0.25, 0.3) is 0 Å². The number of benzene rings is 1. The molecular formula is C15H14N6O4. The monoisotopic (exact) mass is 342 g/mol. The predicted molar refractivity (Wildman–Crippen MR) is 88.6 cm³/mol. The summed E-state index contributed by atoms with van der Waals surface area (Å²) >= 11 is 0. The number of nitro groups is 1. The first-order chi connectivity index (χ1) is 12.1. The van der Waals surface area contributed by atoms with Gasteiger partial charge in [-0.25, -0.2) is 15.0 Å². The molecule has 128 valence electrons. The van der Waals surface area contributed by atoms with Crippen LogP contribution < -0.4 is 14.8 Å². The number of nitrogens with one attached hydrogen (secondary N) is 1. The average Bonchev–Trinajstić information content (AvgIpc) is 3.16. The van der Waals surface area contributed by atoms with Crippen LogP contribution in [0.25, 0.3) is 5.82 Å². The Kier molecular flexibility index (Phi) is 4.42. The van der Waals surface area contributed by atoms with Gasteiger partial charge in [0.15, 0.2) is 0 Å². The van der Waals surface area contributed by atoms with Gasteiger partial charge in [0, 0.05) is 18.5 Å². The molecule has 0 aliphatic heterocycles. The van der Waals surface area contributed by atoms with Crippen LogP contribution >= 0.6 is 0 Å². The third kappa shape index (κ3) is 3.17. The standard InChI is InChI=1S/C15H14N6O4/c1-24-10-3-4-11(12(7-10)25-2)19-14-13(21(22)23)15(18-8-17-14)20-6-5-16-9-20/h3-9H,1-2H3,(H,17,18,19). The smallest absolute Gasteiger partial charge is 0.354 e. The zero-order valence-corrected chi connectivity index (χ0v) is 13.4. The number of methoxy groups -OCH3 is 2. The van der Waals surface area contributed by atoms with Crippen LogP contribution in [0.5, 0.6) is 11.5 Å². The minimum absolute atomic E-state index is 0.0344. The molecule has 0 spiro atoms. The van der Waals surface area contributed by atoms with Crippen molar-refractivity contribution in [3.8, 4) is 17.3 Å². The molecule has 1 aromatic carbocycles. The number of nitrogens with zero attached hydrogens (tertiary/aromatic N) is 5.